The molecule has 0 saturated heterocycles. The second-order valence-electron chi connectivity index (χ2n) is 4.09. The average Bonchev–Trinajstić information content (AvgIpc) is 2.54. The second kappa shape index (κ2) is 6.18. The summed E-state index contributed by atoms with van der Waals surface area (Å²) in [6.45, 7) is 0. The zero-order valence-corrected chi connectivity index (χ0v) is 11.8. The number of nitrogens with zero attached hydrogens (tertiary/aromatic N) is 4. The minimum absolute atomic E-state index is 0.250. The molecule has 0 fully saturated rings. The summed E-state index contributed by atoms with van der Waals surface area (Å²) in [5.41, 5.74) is 1.39. The molecule has 0 saturated carbocycles. The van der Waals surface area contributed by atoms with Crippen molar-refractivity contribution in [2.75, 3.05) is 0 Å². The Kier molecular flexibility index (Phi) is 4.13. The minimum Gasteiger partial charge on any atom is -0.192 e. The third-order valence-corrected chi connectivity index (χ3v) is 4.01. The lowest BCUT2D eigenvalue weighted by Crippen LogP contribution is -2.27. The Labute approximate surface area is 124 Å². The van der Waals surface area contributed by atoms with Crippen molar-refractivity contribution >= 4 is 19.9 Å². The topological polar surface area (TPSA) is 95.2 Å². The first-order chi connectivity index (χ1) is 10.2. The van der Waals surface area contributed by atoms with Crippen molar-refractivity contribution in [3.63, 3.8) is 0 Å². The lowest BCUT2D eigenvalue weighted by Gasteiger charge is -2.03. The Bertz CT molecular complexity index is 800. The van der Waals surface area contributed by atoms with Crippen LogP contribution in [-0.4, -0.2) is 9.52 Å². The Balaban J connectivity index is 2.36. The fraction of sp³-hybridized carbons (Fsp3) is 0. The van der Waals surface area contributed by atoms with Gasteiger partial charge in [0.2, 0.25) is 0 Å². The quantitative estimate of drug-likeness (QED) is 0.762. The van der Waals surface area contributed by atoms with Crippen LogP contribution in [0.1, 0.15) is 22.3 Å². The molecule has 21 heavy (non-hydrogen) atoms. The summed E-state index contributed by atoms with van der Waals surface area (Å²) in [7, 11) is 0.250. The summed E-state index contributed by atoms with van der Waals surface area (Å²) >= 11 is 0. The number of rotatable bonds is 2. The maximum Gasteiger partial charge on any atom is 0.121 e. The van der Waals surface area contributed by atoms with E-state index in [0.29, 0.717) is 22.3 Å². The third-order valence-electron chi connectivity index (χ3n) is 2.81. The summed E-state index contributed by atoms with van der Waals surface area (Å²) in [4.78, 5) is 0. The summed E-state index contributed by atoms with van der Waals surface area (Å²) in [6, 6.07) is 18.1. The van der Waals surface area contributed by atoms with Crippen LogP contribution in [0.3, 0.4) is 0 Å². The monoisotopic (exact) mass is 282 g/mol. The molecule has 2 radical (unpaired) electrons. The molecule has 2 aromatic carbocycles. The molecule has 0 N–H and O–H groups in total. The molecular formula is C16H6N4Si. The molecule has 0 aliphatic rings. The Hall–Kier alpha value is -3.38. The molecule has 0 aliphatic carbocycles. The van der Waals surface area contributed by atoms with Gasteiger partial charge < -0.3 is 0 Å². The van der Waals surface area contributed by atoms with Crippen molar-refractivity contribution in [1.82, 2.24) is 0 Å². The summed E-state index contributed by atoms with van der Waals surface area (Å²) in [6.07, 6.45) is 0. The van der Waals surface area contributed by atoms with Crippen LogP contribution in [0.5, 0.6) is 0 Å². The van der Waals surface area contributed by atoms with Gasteiger partial charge in [-0.05, 0) is 24.3 Å². The molecule has 0 unspecified atom stereocenters. The van der Waals surface area contributed by atoms with Gasteiger partial charge in [0, 0.05) is 0 Å². The smallest absolute Gasteiger partial charge is 0.121 e. The first-order valence-corrected chi connectivity index (χ1v) is 6.87. The van der Waals surface area contributed by atoms with Crippen LogP contribution < -0.4 is 10.4 Å². The molecule has 0 aromatic heterocycles. The van der Waals surface area contributed by atoms with Gasteiger partial charge in [-0.2, -0.15) is 21.0 Å². The van der Waals surface area contributed by atoms with Gasteiger partial charge in [-0.3, -0.25) is 0 Å². The summed E-state index contributed by atoms with van der Waals surface area (Å²) in [5.74, 6) is 0. The second-order valence-corrected chi connectivity index (χ2v) is 5.50. The maximum absolute atomic E-state index is 9.01. The van der Waals surface area contributed by atoms with Gasteiger partial charge in [0.25, 0.3) is 0 Å². The van der Waals surface area contributed by atoms with E-state index in [2.05, 4.69) is 0 Å². The van der Waals surface area contributed by atoms with Gasteiger partial charge in [0.15, 0.2) is 0 Å². The van der Waals surface area contributed by atoms with Gasteiger partial charge in [0.05, 0.1) is 22.3 Å². The van der Waals surface area contributed by atoms with Crippen molar-refractivity contribution in [1.29, 1.82) is 21.0 Å². The standard InChI is InChI=1S/C16H6N4Si/c17-7-11-1-3-15(5-13(11)9-19)21-16-4-2-12(8-18)14(6-16)10-20/h1-6H. The molecule has 2 rings (SSSR count). The van der Waals surface area contributed by atoms with Crippen LogP contribution in [0.25, 0.3) is 0 Å². The van der Waals surface area contributed by atoms with Crippen molar-refractivity contribution in [2.24, 2.45) is 0 Å². The van der Waals surface area contributed by atoms with E-state index in [0.717, 1.165) is 10.4 Å². The molecule has 4 nitrogen and oxygen atoms in total. The first kappa shape index (κ1) is 14.0. The lowest BCUT2D eigenvalue weighted by atomic mass is 10.1. The van der Waals surface area contributed by atoms with E-state index in [9.17, 15) is 0 Å². The van der Waals surface area contributed by atoms with Crippen LogP contribution in [0.2, 0.25) is 0 Å². The van der Waals surface area contributed by atoms with E-state index in [1.54, 1.807) is 36.4 Å². The molecule has 0 spiro atoms. The fourth-order valence-corrected chi connectivity index (χ4v) is 2.89. The highest BCUT2D eigenvalue weighted by atomic mass is 28.2. The Morgan fingerprint density at radius 1 is 0.571 bits per heavy atom. The normalized spacial score (nSPS) is 8.95. The summed E-state index contributed by atoms with van der Waals surface area (Å²) in [5, 5.41) is 37.6. The van der Waals surface area contributed by atoms with Crippen LogP contribution >= 0.6 is 0 Å². The number of hydrogen-bond donors (Lipinski definition) is 0. The van der Waals surface area contributed by atoms with Crippen LogP contribution in [-0.2, 0) is 0 Å². The van der Waals surface area contributed by atoms with Gasteiger partial charge in [-0.25, -0.2) is 0 Å². The van der Waals surface area contributed by atoms with Crippen molar-refractivity contribution in [3.8, 4) is 24.3 Å². The van der Waals surface area contributed by atoms with E-state index in [1.807, 2.05) is 24.3 Å². The zero-order chi connectivity index (χ0) is 15.2. The zero-order valence-electron chi connectivity index (χ0n) is 10.8. The molecule has 0 heterocycles. The van der Waals surface area contributed by atoms with E-state index >= 15 is 0 Å². The number of benzene rings is 2. The maximum atomic E-state index is 9.01. The van der Waals surface area contributed by atoms with Gasteiger partial charge >= 0.3 is 0 Å². The Morgan fingerprint density at radius 2 is 0.952 bits per heavy atom. The van der Waals surface area contributed by atoms with Gasteiger partial charge in [0.1, 0.15) is 33.8 Å². The molecule has 5 heteroatoms. The van der Waals surface area contributed by atoms with Crippen molar-refractivity contribution in [2.45, 2.75) is 0 Å². The van der Waals surface area contributed by atoms with Gasteiger partial charge in [-0.15, -0.1) is 0 Å². The van der Waals surface area contributed by atoms with Crippen LogP contribution in [0.4, 0.5) is 0 Å². The van der Waals surface area contributed by atoms with Gasteiger partial charge in [-0.1, -0.05) is 22.5 Å². The number of hydrogen-bond acceptors (Lipinski definition) is 4. The van der Waals surface area contributed by atoms with Crippen molar-refractivity contribution < 1.29 is 0 Å². The first-order valence-electron chi connectivity index (χ1n) is 5.87. The predicted molar refractivity (Wildman–Crippen MR) is 76.8 cm³/mol. The third kappa shape index (κ3) is 2.96. The van der Waals surface area contributed by atoms with Crippen LogP contribution in [0.15, 0.2) is 36.4 Å². The average molecular weight is 282 g/mol. The molecule has 0 bridgehead atoms. The SMILES string of the molecule is N#Cc1ccc([Si]c2ccc(C#N)c(C#N)c2)cc1C#N. The van der Waals surface area contributed by atoms with E-state index < -0.39 is 0 Å². The van der Waals surface area contributed by atoms with E-state index in [4.69, 9.17) is 21.0 Å². The van der Waals surface area contributed by atoms with Crippen LogP contribution in [0, 0.1) is 45.3 Å². The van der Waals surface area contributed by atoms with Crippen molar-refractivity contribution in [3.05, 3.63) is 58.7 Å². The highest BCUT2D eigenvalue weighted by molar-refractivity contribution is 6.67. The largest absolute Gasteiger partial charge is 0.192 e. The molecule has 2 aromatic rings. The minimum atomic E-state index is 0.250. The lowest BCUT2D eigenvalue weighted by molar-refractivity contribution is 1.44. The molecule has 0 amide bonds. The fourth-order valence-electron chi connectivity index (χ4n) is 1.79. The molecule has 0 aliphatic heterocycles. The Morgan fingerprint density at radius 3 is 1.29 bits per heavy atom. The van der Waals surface area contributed by atoms with E-state index in [-0.39, 0.29) is 9.52 Å². The molecule has 94 valence electrons. The van der Waals surface area contributed by atoms with E-state index in [1.165, 1.54) is 0 Å². The molecular weight excluding hydrogens is 276 g/mol. The number of nitriles is 4. The molecule has 0 atom stereocenters. The summed E-state index contributed by atoms with van der Waals surface area (Å²) < 4.78 is 0. The highest BCUT2D eigenvalue weighted by Gasteiger charge is 2.07. The predicted octanol–water partition coefficient (Wildman–Crippen LogP) is 0.828. The highest BCUT2D eigenvalue weighted by Crippen LogP contribution is 2.05.